The predicted molar refractivity (Wildman–Crippen MR) is 66.9 cm³/mol. The first-order valence-corrected chi connectivity index (χ1v) is 5.39. The van der Waals surface area contributed by atoms with Crippen molar-refractivity contribution in [3.8, 4) is 11.3 Å². The van der Waals surface area contributed by atoms with Crippen LogP contribution in [0.15, 0.2) is 58.1 Å². The molecule has 0 saturated heterocycles. The van der Waals surface area contributed by atoms with Crippen molar-refractivity contribution in [2.24, 2.45) is 7.05 Å². The summed E-state index contributed by atoms with van der Waals surface area (Å²) in [5.74, 6) is 0. The van der Waals surface area contributed by atoms with Crippen molar-refractivity contribution in [3.63, 3.8) is 0 Å². The van der Waals surface area contributed by atoms with Gasteiger partial charge in [0.2, 0.25) is 5.43 Å². The van der Waals surface area contributed by atoms with Gasteiger partial charge in [0.1, 0.15) is 11.8 Å². The quantitative estimate of drug-likeness (QED) is 0.638. The average Bonchev–Trinajstić information content (AvgIpc) is 2.76. The second-order valence-electron chi connectivity index (χ2n) is 3.98. The summed E-state index contributed by atoms with van der Waals surface area (Å²) >= 11 is 0. The van der Waals surface area contributed by atoms with E-state index in [-0.39, 0.29) is 5.43 Å². The van der Waals surface area contributed by atoms with Gasteiger partial charge in [0.05, 0.1) is 16.6 Å². The first-order valence-electron chi connectivity index (χ1n) is 5.39. The van der Waals surface area contributed by atoms with Crippen LogP contribution in [0.25, 0.3) is 22.2 Å². The summed E-state index contributed by atoms with van der Waals surface area (Å²) in [5, 5.41) is 0.617. The van der Waals surface area contributed by atoms with E-state index in [1.165, 1.54) is 6.26 Å². The Bertz CT molecular complexity index is 737. The third kappa shape index (κ3) is 1.47. The number of hydrogen-bond acceptors (Lipinski definition) is 2. The van der Waals surface area contributed by atoms with E-state index in [4.69, 9.17) is 4.42 Å². The Hall–Kier alpha value is -2.29. The molecule has 0 fully saturated rings. The highest BCUT2D eigenvalue weighted by Crippen LogP contribution is 2.19. The molecule has 0 bridgehead atoms. The van der Waals surface area contributed by atoms with E-state index in [0.717, 1.165) is 5.69 Å². The highest BCUT2D eigenvalue weighted by Gasteiger charge is 2.10. The molecule has 0 N–H and O–H groups in total. The molecule has 0 saturated carbocycles. The van der Waals surface area contributed by atoms with Crippen molar-refractivity contribution in [3.05, 3.63) is 59.1 Å². The molecule has 0 aliphatic rings. The summed E-state index contributed by atoms with van der Waals surface area (Å²) < 4.78 is 7.39. The second-order valence-corrected chi connectivity index (χ2v) is 3.98. The summed E-state index contributed by atoms with van der Waals surface area (Å²) in [7, 11) is 1.91. The minimum Gasteiger partial charge on any atom is -0.463 e. The van der Waals surface area contributed by atoms with Crippen molar-refractivity contribution in [1.29, 1.82) is 0 Å². The van der Waals surface area contributed by atoms with Crippen LogP contribution in [-0.2, 0) is 7.05 Å². The van der Waals surface area contributed by atoms with Gasteiger partial charge in [-0.2, -0.15) is 0 Å². The standard InChI is InChI=1S/C14H11NO2/c1-15-8-4-6-12(15)11-9-17-13-7-3-2-5-10(13)14(11)16/h2-9H,1H3. The Morgan fingerprint density at radius 2 is 1.94 bits per heavy atom. The highest BCUT2D eigenvalue weighted by molar-refractivity contribution is 5.80. The summed E-state index contributed by atoms with van der Waals surface area (Å²) in [5.41, 5.74) is 2.09. The van der Waals surface area contributed by atoms with Gasteiger partial charge in [-0.15, -0.1) is 0 Å². The monoisotopic (exact) mass is 225 g/mol. The molecule has 0 aliphatic heterocycles. The summed E-state index contributed by atoms with van der Waals surface area (Å²) in [6, 6.07) is 11.1. The SMILES string of the molecule is Cn1cccc1-c1coc2ccccc2c1=O. The maximum atomic E-state index is 12.3. The fourth-order valence-electron chi connectivity index (χ4n) is 2.00. The molecular weight excluding hydrogens is 214 g/mol. The molecule has 3 aromatic rings. The van der Waals surface area contributed by atoms with E-state index in [1.807, 2.05) is 42.1 Å². The smallest absolute Gasteiger partial charge is 0.201 e. The summed E-state index contributed by atoms with van der Waals surface area (Å²) in [6.45, 7) is 0. The molecule has 3 nitrogen and oxygen atoms in total. The normalized spacial score (nSPS) is 10.9. The molecule has 0 spiro atoms. The van der Waals surface area contributed by atoms with Gasteiger partial charge in [0.25, 0.3) is 0 Å². The summed E-state index contributed by atoms with van der Waals surface area (Å²) in [6.07, 6.45) is 3.43. The molecule has 0 atom stereocenters. The fourth-order valence-corrected chi connectivity index (χ4v) is 2.00. The van der Waals surface area contributed by atoms with Gasteiger partial charge in [-0.25, -0.2) is 0 Å². The average molecular weight is 225 g/mol. The largest absolute Gasteiger partial charge is 0.463 e. The minimum atomic E-state index is 0.00801. The zero-order chi connectivity index (χ0) is 11.8. The molecule has 17 heavy (non-hydrogen) atoms. The van der Waals surface area contributed by atoms with E-state index in [0.29, 0.717) is 16.5 Å². The van der Waals surface area contributed by atoms with Gasteiger partial charge in [0.15, 0.2) is 0 Å². The Morgan fingerprint density at radius 3 is 2.71 bits per heavy atom. The number of benzene rings is 1. The minimum absolute atomic E-state index is 0.00801. The van der Waals surface area contributed by atoms with Gasteiger partial charge >= 0.3 is 0 Å². The number of hydrogen-bond donors (Lipinski definition) is 0. The first-order chi connectivity index (χ1) is 8.27. The van der Waals surface area contributed by atoms with E-state index >= 15 is 0 Å². The van der Waals surface area contributed by atoms with Crippen LogP contribution < -0.4 is 5.43 Å². The number of aryl methyl sites for hydroxylation is 1. The number of rotatable bonds is 1. The van der Waals surface area contributed by atoms with Gasteiger partial charge in [0, 0.05) is 13.2 Å². The molecule has 0 amide bonds. The zero-order valence-electron chi connectivity index (χ0n) is 9.38. The molecule has 2 aromatic heterocycles. The van der Waals surface area contributed by atoms with Crippen molar-refractivity contribution in [1.82, 2.24) is 4.57 Å². The Labute approximate surface area is 97.9 Å². The molecule has 0 unspecified atom stereocenters. The van der Waals surface area contributed by atoms with Crippen LogP contribution in [0, 0.1) is 0 Å². The summed E-state index contributed by atoms with van der Waals surface area (Å²) in [4.78, 5) is 12.3. The van der Waals surface area contributed by atoms with Crippen molar-refractivity contribution < 1.29 is 4.42 Å². The molecule has 0 radical (unpaired) electrons. The third-order valence-electron chi connectivity index (χ3n) is 2.90. The van der Waals surface area contributed by atoms with Crippen LogP contribution in [0.3, 0.4) is 0 Å². The van der Waals surface area contributed by atoms with Gasteiger partial charge < -0.3 is 8.98 Å². The predicted octanol–water partition coefficient (Wildman–Crippen LogP) is 2.80. The maximum absolute atomic E-state index is 12.3. The first kappa shape index (κ1) is 9.90. The number of aromatic nitrogens is 1. The van der Waals surface area contributed by atoms with Crippen LogP contribution >= 0.6 is 0 Å². The van der Waals surface area contributed by atoms with Crippen molar-refractivity contribution >= 4 is 11.0 Å². The topological polar surface area (TPSA) is 35.1 Å². The maximum Gasteiger partial charge on any atom is 0.201 e. The third-order valence-corrected chi connectivity index (χ3v) is 2.90. The lowest BCUT2D eigenvalue weighted by atomic mass is 10.1. The van der Waals surface area contributed by atoms with Gasteiger partial charge in [-0.1, -0.05) is 12.1 Å². The van der Waals surface area contributed by atoms with Crippen LogP contribution in [0.1, 0.15) is 0 Å². The Morgan fingerprint density at radius 1 is 1.12 bits per heavy atom. The van der Waals surface area contributed by atoms with Crippen molar-refractivity contribution in [2.45, 2.75) is 0 Å². The van der Waals surface area contributed by atoms with Crippen LogP contribution in [-0.4, -0.2) is 4.57 Å². The second kappa shape index (κ2) is 3.63. The number of fused-ring (bicyclic) bond motifs is 1. The molecule has 3 rings (SSSR count). The van der Waals surface area contributed by atoms with E-state index in [9.17, 15) is 4.79 Å². The fraction of sp³-hybridized carbons (Fsp3) is 0.0714. The number of nitrogens with zero attached hydrogens (tertiary/aromatic N) is 1. The van der Waals surface area contributed by atoms with Crippen LogP contribution in [0.2, 0.25) is 0 Å². The van der Waals surface area contributed by atoms with E-state index in [2.05, 4.69) is 0 Å². The lowest BCUT2D eigenvalue weighted by molar-refractivity contribution is 0.604. The van der Waals surface area contributed by atoms with E-state index in [1.54, 1.807) is 12.1 Å². The van der Waals surface area contributed by atoms with Crippen LogP contribution in [0.4, 0.5) is 0 Å². The molecular formula is C14H11NO2. The van der Waals surface area contributed by atoms with Crippen molar-refractivity contribution in [2.75, 3.05) is 0 Å². The number of para-hydroxylation sites is 1. The Balaban J connectivity index is 2.37. The lowest BCUT2D eigenvalue weighted by Gasteiger charge is -2.03. The zero-order valence-corrected chi connectivity index (χ0v) is 9.38. The van der Waals surface area contributed by atoms with Crippen LogP contribution in [0.5, 0.6) is 0 Å². The molecule has 0 aliphatic carbocycles. The van der Waals surface area contributed by atoms with Gasteiger partial charge in [-0.05, 0) is 24.3 Å². The highest BCUT2D eigenvalue weighted by atomic mass is 16.3. The molecule has 2 heterocycles. The Kier molecular flexibility index (Phi) is 2.11. The van der Waals surface area contributed by atoms with Gasteiger partial charge in [-0.3, -0.25) is 4.79 Å². The molecule has 1 aromatic carbocycles. The lowest BCUT2D eigenvalue weighted by Crippen LogP contribution is -2.06. The van der Waals surface area contributed by atoms with E-state index < -0.39 is 0 Å². The molecule has 84 valence electrons. The molecule has 3 heteroatoms.